The highest BCUT2D eigenvalue weighted by molar-refractivity contribution is 7.22. The van der Waals surface area contributed by atoms with Crippen molar-refractivity contribution in [1.82, 2.24) is 4.98 Å². The summed E-state index contributed by atoms with van der Waals surface area (Å²) < 4.78 is 0.923. The lowest BCUT2D eigenvalue weighted by atomic mass is 9.93. The van der Waals surface area contributed by atoms with Crippen LogP contribution in [0.1, 0.15) is 42.5 Å². The van der Waals surface area contributed by atoms with E-state index in [2.05, 4.69) is 18.8 Å². The third kappa shape index (κ3) is 3.62. The topological polar surface area (TPSA) is 70.5 Å². The minimum atomic E-state index is -0.771. The summed E-state index contributed by atoms with van der Waals surface area (Å²) in [6.07, 6.45) is 0. The Kier molecular flexibility index (Phi) is 5.30. The molecule has 6 heteroatoms. The van der Waals surface area contributed by atoms with Gasteiger partial charge in [-0.25, -0.2) is 4.98 Å². The number of para-hydroxylation sites is 1. The van der Waals surface area contributed by atoms with Gasteiger partial charge in [-0.05, 0) is 29.2 Å². The molecule has 3 aromatic carbocycles. The molecule has 0 bridgehead atoms. The van der Waals surface area contributed by atoms with E-state index in [1.165, 1.54) is 16.2 Å². The molecule has 1 fully saturated rings. The first-order valence-electron chi connectivity index (χ1n) is 10.8. The average Bonchev–Trinajstić information content (AvgIpc) is 3.38. The molecule has 0 spiro atoms. The third-order valence-electron chi connectivity index (χ3n) is 5.90. The Bertz CT molecular complexity index is 1350. The molecule has 1 unspecified atom stereocenters. The molecule has 2 heterocycles. The molecular weight excluding hydrogens is 432 g/mol. The molecule has 164 valence electrons. The van der Waals surface area contributed by atoms with Gasteiger partial charge in [0.25, 0.3) is 5.78 Å². The fourth-order valence-electron chi connectivity index (χ4n) is 4.12. The van der Waals surface area contributed by atoms with Gasteiger partial charge in [-0.1, -0.05) is 91.9 Å². The van der Waals surface area contributed by atoms with Crippen LogP contribution >= 0.6 is 11.3 Å². The van der Waals surface area contributed by atoms with Crippen LogP contribution in [0.4, 0.5) is 5.13 Å². The van der Waals surface area contributed by atoms with Crippen LogP contribution < -0.4 is 4.90 Å². The summed E-state index contributed by atoms with van der Waals surface area (Å²) in [7, 11) is 0. The zero-order valence-corrected chi connectivity index (χ0v) is 19.0. The first-order chi connectivity index (χ1) is 16.0. The van der Waals surface area contributed by atoms with Gasteiger partial charge in [0.2, 0.25) is 0 Å². The maximum atomic E-state index is 13.3. The molecule has 1 atom stereocenters. The molecule has 0 radical (unpaired) electrons. The van der Waals surface area contributed by atoms with Crippen molar-refractivity contribution >= 4 is 44.1 Å². The van der Waals surface area contributed by atoms with Crippen molar-refractivity contribution in [2.75, 3.05) is 4.90 Å². The highest BCUT2D eigenvalue weighted by atomic mass is 32.1. The summed E-state index contributed by atoms with van der Waals surface area (Å²) in [6.45, 7) is 4.22. The van der Waals surface area contributed by atoms with E-state index in [1.807, 2.05) is 54.6 Å². The molecule has 1 N–H and O–H groups in total. The second-order valence-electron chi connectivity index (χ2n) is 8.32. The van der Waals surface area contributed by atoms with Crippen LogP contribution in [0.15, 0.2) is 84.4 Å². The number of carbonyl (C=O) groups is 2. The Balaban J connectivity index is 1.72. The number of rotatable bonds is 4. The standard InChI is InChI=1S/C27H22N2O3S/c1-16(2)17-12-14-18(15-13-17)23-22(24(30)19-8-4-3-5-9-19)25(31)26(32)29(23)27-28-20-10-6-7-11-21(20)33-27/h3-16,23,30H,1-2H3. The Hall–Kier alpha value is -3.77. The summed E-state index contributed by atoms with van der Waals surface area (Å²) in [6, 6.07) is 23.5. The number of amides is 1. The van der Waals surface area contributed by atoms with Gasteiger partial charge in [0.1, 0.15) is 5.76 Å². The van der Waals surface area contributed by atoms with Crippen molar-refractivity contribution in [3.63, 3.8) is 0 Å². The van der Waals surface area contributed by atoms with Crippen molar-refractivity contribution < 1.29 is 14.7 Å². The molecular formula is C27H22N2O3S. The summed E-state index contributed by atoms with van der Waals surface area (Å²) in [5.74, 6) is -1.24. The molecule has 0 aliphatic carbocycles. The van der Waals surface area contributed by atoms with Gasteiger partial charge in [-0.15, -0.1) is 0 Å². The number of nitrogens with zero attached hydrogens (tertiary/aromatic N) is 2. The second-order valence-corrected chi connectivity index (χ2v) is 9.33. The first-order valence-corrected chi connectivity index (χ1v) is 11.6. The van der Waals surface area contributed by atoms with Crippen molar-refractivity contribution in [3.05, 3.63) is 101 Å². The zero-order chi connectivity index (χ0) is 23.1. The van der Waals surface area contributed by atoms with Crippen molar-refractivity contribution in [2.45, 2.75) is 25.8 Å². The Morgan fingerprint density at radius 1 is 0.939 bits per heavy atom. The lowest BCUT2D eigenvalue weighted by molar-refractivity contribution is -0.132. The van der Waals surface area contributed by atoms with Crippen LogP contribution in [-0.2, 0) is 9.59 Å². The smallest absolute Gasteiger partial charge is 0.301 e. The fraction of sp³-hybridized carbons (Fsp3) is 0.148. The second kappa shape index (κ2) is 8.30. The van der Waals surface area contributed by atoms with E-state index in [0.29, 0.717) is 16.6 Å². The molecule has 1 amide bonds. The molecule has 5 rings (SSSR count). The predicted molar refractivity (Wildman–Crippen MR) is 131 cm³/mol. The molecule has 4 aromatic rings. The minimum Gasteiger partial charge on any atom is -0.507 e. The lowest BCUT2D eigenvalue weighted by Gasteiger charge is -2.23. The first kappa shape index (κ1) is 21.1. The summed E-state index contributed by atoms with van der Waals surface area (Å²) in [5.41, 5.74) is 3.22. The summed E-state index contributed by atoms with van der Waals surface area (Å²) >= 11 is 1.35. The third-order valence-corrected chi connectivity index (χ3v) is 6.93. The van der Waals surface area contributed by atoms with Gasteiger partial charge >= 0.3 is 5.91 Å². The maximum Gasteiger partial charge on any atom is 0.301 e. The van der Waals surface area contributed by atoms with Crippen LogP contribution in [0.25, 0.3) is 16.0 Å². The van der Waals surface area contributed by atoms with E-state index >= 15 is 0 Å². The SMILES string of the molecule is CC(C)c1ccc(C2C(=C(O)c3ccccc3)C(=O)C(=O)N2c2nc3ccccc3s2)cc1. The average molecular weight is 455 g/mol. The van der Waals surface area contributed by atoms with E-state index in [-0.39, 0.29) is 11.3 Å². The number of carbonyl (C=O) groups excluding carboxylic acids is 2. The number of Topliss-reactive ketones (excluding diaryl/α,β-unsaturated/α-hetero) is 1. The van der Waals surface area contributed by atoms with E-state index in [9.17, 15) is 14.7 Å². The zero-order valence-electron chi connectivity index (χ0n) is 18.2. The van der Waals surface area contributed by atoms with Crippen LogP contribution in [-0.4, -0.2) is 21.8 Å². The predicted octanol–water partition coefficient (Wildman–Crippen LogP) is 6.05. The quantitative estimate of drug-likeness (QED) is 0.232. The molecule has 0 saturated carbocycles. The largest absolute Gasteiger partial charge is 0.507 e. The van der Waals surface area contributed by atoms with Crippen LogP contribution in [0.5, 0.6) is 0 Å². The number of thiazole rings is 1. The van der Waals surface area contributed by atoms with E-state index in [4.69, 9.17) is 0 Å². The molecule has 5 nitrogen and oxygen atoms in total. The maximum absolute atomic E-state index is 13.3. The van der Waals surface area contributed by atoms with Gasteiger partial charge in [0.15, 0.2) is 5.13 Å². The van der Waals surface area contributed by atoms with E-state index < -0.39 is 17.7 Å². The number of fused-ring (bicyclic) bond motifs is 1. The Morgan fingerprint density at radius 3 is 2.27 bits per heavy atom. The number of hydrogen-bond donors (Lipinski definition) is 1. The normalized spacial score (nSPS) is 17.9. The van der Waals surface area contributed by atoms with E-state index in [0.717, 1.165) is 21.3 Å². The molecule has 1 aromatic heterocycles. The molecule has 1 aliphatic heterocycles. The number of benzene rings is 3. The molecule has 1 aliphatic rings. The summed E-state index contributed by atoms with van der Waals surface area (Å²) in [5, 5.41) is 11.6. The van der Waals surface area contributed by atoms with Crippen molar-refractivity contribution in [1.29, 1.82) is 0 Å². The number of hydrogen-bond acceptors (Lipinski definition) is 5. The fourth-order valence-corrected chi connectivity index (χ4v) is 5.12. The summed E-state index contributed by atoms with van der Waals surface area (Å²) in [4.78, 5) is 32.6. The van der Waals surface area contributed by atoms with Crippen molar-refractivity contribution in [3.8, 4) is 0 Å². The number of anilines is 1. The van der Waals surface area contributed by atoms with Gasteiger partial charge in [-0.3, -0.25) is 14.5 Å². The molecule has 33 heavy (non-hydrogen) atoms. The Labute approximate surface area is 195 Å². The van der Waals surface area contributed by atoms with Crippen LogP contribution in [0.2, 0.25) is 0 Å². The monoisotopic (exact) mass is 454 g/mol. The molecule has 1 saturated heterocycles. The number of aromatic nitrogens is 1. The van der Waals surface area contributed by atoms with Gasteiger partial charge in [0.05, 0.1) is 21.8 Å². The number of ketones is 1. The minimum absolute atomic E-state index is 0.0720. The van der Waals surface area contributed by atoms with Crippen LogP contribution in [0, 0.1) is 0 Å². The van der Waals surface area contributed by atoms with Gasteiger partial charge in [0, 0.05) is 5.56 Å². The highest BCUT2D eigenvalue weighted by Gasteiger charge is 2.48. The van der Waals surface area contributed by atoms with E-state index in [1.54, 1.807) is 24.3 Å². The Morgan fingerprint density at radius 2 is 1.61 bits per heavy atom. The van der Waals surface area contributed by atoms with Gasteiger partial charge < -0.3 is 5.11 Å². The van der Waals surface area contributed by atoms with Crippen molar-refractivity contribution in [2.24, 2.45) is 0 Å². The highest BCUT2D eigenvalue weighted by Crippen LogP contribution is 2.44. The number of aliphatic hydroxyl groups is 1. The van der Waals surface area contributed by atoms with Gasteiger partial charge in [-0.2, -0.15) is 0 Å². The lowest BCUT2D eigenvalue weighted by Crippen LogP contribution is -2.29. The number of aliphatic hydroxyl groups excluding tert-OH is 1. The van der Waals surface area contributed by atoms with Crippen LogP contribution in [0.3, 0.4) is 0 Å².